The lowest BCUT2D eigenvalue weighted by molar-refractivity contribution is -0.0235. The van der Waals surface area contributed by atoms with Crippen LogP contribution in [0.1, 0.15) is 48.4 Å². The zero-order valence-electron chi connectivity index (χ0n) is 15.1. The van der Waals surface area contributed by atoms with Crippen LogP contribution in [0.4, 0.5) is 5.82 Å². The molecule has 1 fully saturated rings. The minimum absolute atomic E-state index is 0.238. The summed E-state index contributed by atoms with van der Waals surface area (Å²) in [4.78, 5) is 0. The van der Waals surface area contributed by atoms with E-state index in [1.807, 2.05) is 26.8 Å². The largest absolute Gasteiger partial charge is 0.507 e. The van der Waals surface area contributed by atoms with Crippen molar-refractivity contribution in [3.05, 3.63) is 34.4 Å². The molecule has 0 atom stereocenters. The molecule has 0 aliphatic heterocycles. The topological polar surface area (TPSA) is 78.3 Å². The number of benzene rings is 1. The zero-order valence-corrected chi connectivity index (χ0v) is 15.1. The Morgan fingerprint density at radius 2 is 1.88 bits per heavy atom. The summed E-state index contributed by atoms with van der Waals surface area (Å²) in [7, 11) is 0. The molecule has 0 radical (unpaired) electrons. The smallest absolute Gasteiger partial charge is 0.152 e. The van der Waals surface area contributed by atoms with Gasteiger partial charge in [-0.3, -0.25) is 0 Å². The third-order valence-electron chi connectivity index (χ3n) is 5.74. The van der Waals surface area contributed by atoms with Gasteiger partial charge in [-0.2, -0.15) is 0 Å². The van der Waals surface area contributed by atoms with E-state index in [0.29, 0.717) is 5.75 Å². The van der Waals surface area contributed by atoms with Crippen LogP contribution in [-0.4, -0.2) is 32.1 Å². The Labute approximate surface area is 148 Å². The molecule has 0 unspecified atom stereocenters. The summed E-state index contributed by atoms with van der Waals surface area (Å²) in [5, 5.41) is 32.7. The maximum absolute atomic E-state index is 10.7. The number of nitrogens with one attached hydrogen (secondary N) is 1. The summed E-state index contributed by atoms with van der Waals surface area (Å²) in [6.45, 7) is 5.90. The van der Waals surface area contributed by atoms with Crippen molar-refractivity contribution in [2.24, 2.45) is 0 Å². The third kappa shape index (κ3) is 2.76. The quantitative estimate of drug-likeness (QED) is 0.800. The van der Waals surface area contributed by atoms with Crippen LogP contribution in [-0.2, 0) is 12.8 Å². The van der Waals surface area contributed by atoms with Gasteiger partial charge < -0.3 is 15.5 Å². The van der Waals surface area contributed by atoms with Crippen LogP contribution >= 0.6 is 0 Å². The first-order chi connectivity index (χ1) is 11.9. The second kappa shape index (κ2) is 5.70. The highest BCUT2D eigenvalue weighted by Crippen LogP contribution is 2.40. The standard InChI is InChI=1S/C20H25N3O2/c1-11-12(2)19(21-14-9-20(3,25)10-14)23-22-17(11)16-8-7-13-5-4-6-15(13)18(16)24/h7-8,14,24-25H,4-6,9-10H2,1-3H3,(H,21,23)/t14-,20+. The van der Waals surface area contributed by atoms with Gasteiger partial charge in [0.2, 0.25) is 0 Å². The van der Waals surface area contributed by atoms with E-state index in [2.05, 4.69) is 21.6 Å². The van der Waals surface area contributed by atoms with Crippen molar-refractivity contribution in [3.8, 4) is 17.0 Å². The summed E-state index contributed by atoms with van der Waals surface area (Å²) in [5.41, 5.74) is 5.33. The molecule has 2 aromatic rings. The highest BCUT2D eigenvalue weighted by molar-refractivity contribution is 5.74. The molecule has 0 saturated heterocycles. The fourth-order valence-corrected chi connectivity index (χ4v) is 4.13. The molecule has 3 N–H and O–H groups in total. The first-order valence-electron chi connectivity index (χ1n) is 9.02. The fourth-order valence-electron chi connectivity index (χ4n) is 4.13. The van der Waals surface area contributed by atoms with Crippen molar-refractivity contribution in [2.45, 2.75) is 64.5 Å². The Balaban J connectivity index is 1.65. The molecule has 1 aromatic carbocycles. The summed E-state index contributed by atoms with van der Waals surface area (Å²) in [6, 6.07) is 4.31. The highest BCUT2D eigenvalue weighted by atomic mass is 16.3. The number of phenols is 1. The number of hydrogen-bond donors (Lipinski definition) is 3. The number of fused-ring (bicyclic) bond motifs is 1. The second-order valence-electron chi connectivity index (χ2n) is 7.85. The molecule has 2 aliphatic carbocycles. The number of anilines is 1. The molecule has 132 valence electrons. The van der Waals surface area contributed by atoms with Crippen molar-refractivity contribution in [3.63, 3.8) is 0 Å². The van der Waals surface area contributed by atoms with E-state index >= 15 is 0 Å². The van der Waals surface area contributed by atoms with Crippen LogP contribution in [0.25, 0.3) is 11.3 Å². The van der Waals surface area contributed by atoms with Gasteiger partial charge in [-0.15, -0.1) is 10.2 Å². The van der Waals surface area contributed by atoms with E-state index in [9.17, 15) is 10.2 Å². The minimum atomic E-state index is -0.565. The van der Waals surface area contributed by atoms with E-state index in [1.165, 1.54) is 5.56 Å². The predicted molar refractivity (Wildman–Crippen MR) is 97.9 cm³/mol. The van der Waals surface area contributed by atoms with Crippen molar-refractivity contribution >= 4 is 5.82 Å². The number of phenolic OH excluding ortho intramolecular Hbond substituents is 1. The van der Waals surface area contributed by atoms with Gasteiger partial charge in [0.15, 0.2) is 5.82 Å². The molecule has 25 heavy (non-hydrogen) atoms. The maximum atomic E-state index is 10.7. The van der Waals surface area contributed by atoms with E-state index in [-0.39, 0.29) is 6.04 Å². The predicted octanol–water partition coefficient (Wildman–Crippen LogP) is 3.28. The lowest BCUT2D eigenvalue weighted by Gasteiger charge is -2.41. The van der Waals surface area contributed by atoms with Crippen molar-refractivity contribution in [1.29, 1.82) is 0 Å². The summed E-state index contributed by atoms with van der Waals surface area (Å²) < 4.78 is 0. The van der Waals surface area contributed by atoms with Crippen molar-refractivity contribution < 1.29 is 10.2 Å². The lowest BCUT2D eigenvalue weighted by Crippen LogP contribution is -2.48. The van der Waals surface area contributed by atoms with Gasteiger partial charge >= 0.3 is 0 Å². The number of hydrogen-bond acceptors (Lipinski definition) is 5. The number of aryl methyl sites for hydroxylation is 1. The summed E-state index contributed by atoms with van der Waals surface area (Å²) >= 11 is 0. The molecule has 0 amide bonds. The van der Waals surface area contributed by atoms with Crippen LogP contribution in [0.15, 0.2) is 12.1 Å². The number of aromatic nitrogens is 2. The Kier molecular flexibility index (Phi) is 3.72. The maximum Gasteiger partial charge on any atom is 0.152 e. The number of aromatic hydroxyl groups is 1. The molecule has 2 aliphatic rings. The van der Waals surface area contributed by atoms with Crippen LogP contribution in [0.2, 0.25) is 0 Å². The first kappa shape index (κ1) is 16.3. The van der Waals surface area contributed by atoms with Crippen molar-refractivity contribution in [1.82, 2.24) is 10.2 Å². The van der Waals surface area contributed by atoms with Gasteiger partial charge in [0.1, 0.15) is 5.75 Å². The molecule has 1 saturated carbocycles. The zero-order chi connectivity index (χ0) is 17.8. The molecular formula is C20H25N3O2. The molecule has 1 heterocycles. The van der Waals surface area contributed by atoms with E-state index in [0.717, 1.165) is 65.9 Å². The van der Waals surface area contributed by atoms with E-state index in [4.69, 9.17) is 0 Å². The summed E-state index contributed by atoms with van der Waals surface area (Å²) in [5.74, 6) is 1.13. The van der Waals surface area contributed by atoms with E-state index in [1.54, 1.807) is 0 Å². The second-order valence-corrected chi connectivity index (χ2v) is 7.85. The van der Waals surface area contributed by atoms with Gasteiger partial charge in [0, 0.05) is 11.6 Å². The molecule has 5 nitrogen and oxygen atoms in total. The average molecular weight is 339 g/mol. The number of nitrogens with zero attached hydrogens (tertiary/aromatic N) is 2. The number of aliphatic hydroxyl groups is 1. The van der Waals surface area contributed by atoms with Crippen LogP contribution in [0.3, 0.4) is 0 Å². The third-order valence-corrected chi connectivity index (χ3v) is 5.74. The van der Waals surface area contributed by atoms with Gasteiger partial charge in [0.05, 0.1) is 11.3 Å². The Hall–Kier alpha value is -2.14. The minimum Gasteiger partial charge on any atom is -0.507 e. The summed E-state index contributed by atoms with van der Waals surface area (Å²) in [6.07, 6.45) is 4.52. The SMILES string of the molecule is Cc1c(N[C@H]2C[C@@](C)(O)C2)nnc(-c2ccc3c(c2O)CCC3)c1C. The molecular weight excluding hydrogens is 314 g/mol. The van der Waals surface area contributed by atoms with Crippen LogP contribution in [0, 0.1) is 13.8 Å². The van der Waals surface area contributed by atoms with Crippen LogP contribution in [0.5, 0.6) is 5.75 Å². The Morgan fingerprint density at radius 3 is 2.60 bits per heavy atom. The molecule has 5 heteroatoms. The van der Waals surface area contributed by atoms with Crippen molar-refractivity contribution in [2.75, 3.05) is 5.32 Å². The molecule has 4 rings (SSSR count). The average Bonchev–Trinajstić information content (AvgIpc) is 3.01. The number of rotatable bonds is 3. The fraction of sp³-hybridized carbons (Fsp3) is 0.500. The van der Waals surface area contributed by atoms with Gasteiger partial charge in [-0.1, -0.05) is 6.07 Å². The highest BCUT2D eigenvalue weighted by Gasteiger charge is 2.38. The van der Waals surface area contributed by atoms with Crippen LogP contribution < -0.4 is 5.32 Å². The first-order valence-corrected chi connectivity index (χ1v) is 9.02. The normalized spacial score (nSPS) is 24.7. The lowest BCUT2D eigenvalue weighted by atomic mass is 9.77. The van der Waals surface area contributed by atoms with Gasteiger partial charge in [0.25, 0.3) is 0 Å². The molecule has 1 aromatic heterocycles. The molecule has 0 bridgehead atoms. The monoisotopic (exact) mass is 339 g/mol. The molecule has 0 spiro atoms. The van der Waals surface area contributed by atoms with E-state index < -0.39 is 5.60 Å². The Bertz CT molecular complexity index is 837. The van der Waals surface area contributed by atoms with Gasteiger partial charge in [-0.05, 0) is 81.2 Å². The van der Waals surface area contributed by atoms with Gasteiger partial charge in [-0.25, -0.2) is 0 Å². The Morgan fingerprint density at radius 1 is 1.12 bits per heavy atom.